The molecule has 0 spiro atoms. The number of nitrogens with zero attached hydrogens (tertiary/aromatic N) is 3. The Bertz CT molecular complexity index is 1040. The van der Waals surface area contributed by atoms with E-state index >= 15 is 0 Å². The fourth-order valence-electron chi connectivity index (χ4n) is 3.11. The number of para-hydroxylation sites is 1. The molecule has 1 aliphatic rings. The van der Waals surface area contributed by atoms with Crippen molar-refractivity contribution in [3.8, 4) is 11.4 Å². The predicted octanol–water partition coefficient (Wildman–Crippen LogP) is 2.33. The normalized spacial score (nSPS) is 14.5. The number of benzene rings is 2. The Balaban J connectivity index is 1.81. The van der Waals surface area contributed by atoms with Gasteiger partial charge in [0.2, 0.25) is 0 Å². The minimum Gasteiger partial charge on any atom is -0.378 e. The number of hydrogen-bond donors (Lipinski definition) is 1. The zero-order chi connectivity index (χ0) is 18.1. The van der Waals surface area contributed by atoms with Gasteiger partial charge in [0.05, 0.1) is 29.0 Å². The molecule has 2 heterocycles. The number of ether oxygens (including phenoxy) is 1. The Morgan fingerprint density at radius 1 is 1.15 bits per heavy atom. The molecule has 0 atom stereocenters. The molecule has 0 aliphatic carbocycles. The smallest absolute Gasteiger partial charge is 0.293 e. The van der Waals surface area contributed by atoms with Gasteiger partial charge in [-0.25, -0.2) is 4.98 Å². The zero-order valence-corrected chi connectivity index (χ0v) is 13.8. The van der Waals surface area contributed by atoms with Crippen LogP contribution >= 0.6 is 0 Å². The van der Waals surface area contributed by atoms with Crippen molar-refractivity contribution in [3.05, 3.63) is 62.9 Å². The number of rotatable bonds is 3. The predicted molar refractivity (Wildman–Crippen MR) is 97.5 cm³/mol. The van der Waals surface area contributed by atoms with E-state index < -0.39 is 4.92 Å². The Morgan fingerprint density at radius 2 is 1.92 bits per heavy atom. The van der Waals surface area contributed by atoms with E-state index in [9.17, 15) is 14.9 Å². The van der Waals surface area contributed by atoms with Crippen LogP contribution in [0.2, 0.25) is 0 Å². The van der Waals surface area contributed by atoms with Crippen molar-refractivity contribution in [3.63, 3.8) is 0 Å². The highest BCUT2D eigenvalue weighted by Crippen LogP contribution is 2.32. The molecule has 8 heteroatoms. The van der Waals surface area contributed by atoms with Crippen molar-refractivity contribution < 1.29 is 9.66 Å². The van der Waals surface area contributed by atoms with Gasteiger partial charge in [0.15, 0.2) is 0 Å². The van der Waals surface area contributed by atoms with Crippen LogP contribution in [0.3, 0.4) is 0 Å². The highest BCUT2D eigenvalue weighted by Gasteiger charge is 2.22. The Hall–Kier alpha value is -3.26. The van der Waals surface area contributed by atoms with Crippen molar-refractivity contribution in [2.75, 3.05) is 31.2 Å². The quantitative estimate of drug-likeness (QED) is 0.573. The first-order valence-electron chi connectivity index (χ1n) is 8.24. The lowest BCUT2D eigenvalue weighted by Crippen LogP contribution is -2.36. The van der Waals surface area contributed by atoms with E-state index in [0.717, 1.165) is 0 Å². The Labute approximate surface area is 148 Å². The van der Waals surface area contributed by atoms with Gasteiger partial charge in [-0.3, -0.25) is 14.9 Å². The van der Waals surface area contributed by atoms with Gasteiger partial charge in [-0.2, -0.15) is 0 Å². The molecule has 1 saturated heterocycles. The molecule has 0 bridgehead atoms. The largest absolute Gasteiger partial charge is 0.378 e. The number of fused-ring (bicyclic) bond motifs is 1. The molecule has 0 radical (unpaired) electrons. The van der Waals surface area contributed by atoms with Crippen LogP contribution in [0.5, 0.6) is 0 Å². The van der Waals surface area contributed by atoms with E-state index in [1.165, 1.54) is 6.07 Å². The second-order valence-electron chi connectivity index (χ2n) is 5.99. The average Bonchev–Trinajstić information content (AvgIpc) is 2.68. The van der Waals surface area contributed by atoms with Crippen LogP contribution in [0, 0.1) is 10.1 Å². The summed E-state index contributed by atoms with van der Waals surface area (Å²) in [7, 11) is 0. The first kappa shape index (κ1) is 16.2. The lowest BCUT2D eigenvalue weighted by molar-refractivity contribution is -0.384. The second kappa shape index (κ2) is 6.57. The molecule has 1 aromatic heterocycles. The summed E-state index contributed by atoms with van der Waals surface area (Å²) in [5.41, 5.74) is 1.30. The van der Waals surface area contributed by atoms with Crippen LogP contribution in [-0.4, -0.2) is 41.2 Å². The van der Waals surface area contributed by atoms with Crippen molar-refractivity contribution >= 4 is 22.3 Å². The lowest BCUT2D eigenvalue weighted by atomic mass is 10.1. The van der Waals surface area contributed by atoms with Crippen molar-refractivity contribution in [2.45, 2.75) is 0 Å². The van der Waals surface area contributed by atoms with E-state index in [1.54, 1.807) is 36.4 Å². The van der Waals surface area contributed by atoms with Gasteiger partial charge in [-0.05, 0) is 24.3 Å². The molecule has 0 saturated carbocycles. The van der Waals surface area contributed by atoms with Crippen molar-refractivity contribution in [1.29, 1.82) is 0 Å². The van der Waals surface area contributed by atoms with Crippen LogP contribution in [0.1, 0.15) is 0 Å². The average molecular weight is 352 g/mol. The third-order valence-electron chi connectivity index (χ3n) is 4.41. The summed E-state index contributed by atoms with van der Waals surface area (Å²) in [6.45, 7) is 2.29. The fraction of sp³-hybridized carbons (Fsp3) is 0.222. The van der Waals surface area contributed by atoms with Gasteiger partial charge >= 0.3 is 0 Å². The van der Waals surface area contributed by atoms with Gasteiger partial charge in [0, 0.05) is 24.7 Å². The first-order chi connectivity index (χ1) is 12.6. The molecule has 2 aromatic carbocycles. The fourth-order valence-corrected chi connectivity index (χ4v) is 3.11. The second-order valence-corrected chi connectivity index (χ2v) is 5.99. The topological polar surface area (TPSA) is 101 Å². The molecular weight excluding hydrogens is 336 g/mol. The number of nitro benzene ring substituents is 1. The van der Waals surface area contributed by atoms with Crippen LogP contribution < -0.4 is 10.5 Å². The molecule has 4 rings (SSSR count). The minimum absolute atomic E-state index is 0.0137. The molecule has 0 amide bonds. The number of hydrogen-bond acceptors (Lipinski definition) is 6. The summed E-state index contributed by atoms with van der Waals surface area (Å²) in [5.74, 6) is 0.310. The molecule has 26 heavy (non-hydrogen) atoms. The van der Waals surface area contributed by atoms with Gasteiger partial charge in [-0.1, -0.05) is 12.1 Å². The Kier molecular flexibility index (Phi) is 4.10. The van der Waals surface area contributed by atoms with Crippen LogP contribution in [0.15, 0.2) is 47.3 Å². The van der Waals surface area contributed by atoms with E-state index in [4.69, 9.17) is 4.74 Å². The summed E-state index contributed by atoms with van der Waals surface area (Å²) in [4.78, 5) is 32.5. The third-order valence-corrected chi connectivity index (χ3v) is 4.41. The summed E-state index contributed by atoms with van der Waals surface area (Å²) in [6, 6.07) is 11.9. The third kappa shape index (κ3) is 2.91. The van der Waals surface area contributed by atoms with E-state index in [-0.39, 0.29) is 11.2 Å². The minimum atomic E-state index is -0.409. The van der Waals surface area contributed by atoms with Gasteiger partial charge < -0.3 is 14.6 Å². The molecule has 132 valence electrons. The zero-order valence-electron chi connectivity index (χ0n) is 13.8. The van der Waals surface area contributed by atoms with Crippen LogP contribution in [-0.2, 0) is 4.74 Å². The highest BCUT2D eigenvalue weighted by atomic mass is 16.6. The van der Waals surface area contributed by atoms with Gasteiger partial charge in [-0.15, -0.1) is 0 Å². The molecule has 1 fully saturated rings. The monoisotopic (exact) mass is 352 g/mol. The molecule has 8 nitrogen and oxygen atoms in total. The molecule has 3 aromatic rings. The summed E-state index contributed by atoms with van der Waals surface area (Å²) >= 11 is 0. The van der Waals surface area contributed by atoms with Gasteiger partial charge in [0.1, 0.15) is 11.5 Å². The molecule has 1 aliphatic heterocycles. The number of anilines is 1. The number of H-pyrrole nitrogens is 1. The maximum absolute atomic E-state index is 12.3. The standard InChI is InChI=1S/C18H16N4O4/c23-18-13-3-1-2-4-14(13)19-17(20-18)12-5-6-15(16(11-12)22(24)25)21-7-9-26-10-8-21/h1-6,11H,7-10H2,(H,19,20,23). The number of aromatic amines is 1. The van der Waals surface area contributed by atoms with Crippen molar-refractivity contribution in [1.82, 2.24) is 9.97 Å². The Morgan fingerprint density at radius 3 is 2.69 bits per heavy atom. The summed E-state index contributed by atoms with van der Waals surface area (Å²) in [5, 5.41) is 12.1. The highest BCUT2D eigenvalue weighted by molar-refractivity contribution is 5.80. The number of aromatic nitrogens is 2. The molecular formula is C18H16N4O4. The van der Waals surface area contributed by atoms with E-state index in [0.29, 0.717) is 54.3 Å². The van der Waals surface area contributed by atoms with Crippen LogP contribution in [0.25, 0.3) is 22.3 Å². The number of morpholine rings is 1. The summed E-state index contributed by atoms with van der Waals surface area (Å²) in [6.07, 6.45) is 0. The van der Waals surface area contributed by atoms with E-state index in [1.807, 2.05) is 4.90 Å². The van der Waals surface area contributed by atoms with Gasteiger partial charge in [0.25, 0.3) is 11.2 Å². The summed E-state index contributed by atoms with van der Waals surface area (Å²) < 4.78 is 5.31. The maximum Gasteiger partial charge on any atom is 0.293 e. The maximum atomic E-state index is 12.3. The first-order valence-corrected chi connectivity index (χ1v) is 8.24. The number of nitro groups is 1. The lowest BCUT2D eigenvalue weighted by Gasteiger charge is -2.28. The SMILES string of the molecule is O=c1[nH]c(-c2ccc(N3CCOCC3)c([N+](=O)[O-])c2)nc2ccccc12. The van der Waals surface area contributed by atoms with Crippen molar-refractivity contribution in [2.24, 2.45) is 0 Å². The molecule has 1 N–H and O–H groups in total. The molecule has 0 unspecified atom stereocenters. The number of nitrogens with one attached hydrogen (secondary N) is 1. The van der Waals surface area contributed by atoms with E-state index in [2.05, 4.69) is 9.97 Å². The van der Waals surface area contributed by atoms with Crippen LogP contribution in [0.4, 0.5) is 11.4 Å².